The topological polar surface area (TPSA) is 32.3 Å². The Morgan fingerprint density at radius 2 is 2.11 bits per heavy atom. The van der Waals surface area contributed by atoms with Crippen molar-refractivity contribution in [3.05, 3.63) is 0 Å². The molecule has 1 amide bonds. The zero-order valence-electron chi connectivity index (χ0n) is 12.3. The molecule has 1 N–H and O–H groups in total. The van der Waals surface area contributed by atoms with Crippen LogP contribution < -0.4 is 5.32 Å². The number of amides is 1. The summed E-state index contributed by atoms with van der Waals surface area (Å²) in [6.45, 7) is 8.82. The summed E-state index contributed by atoms with van der Waals surface area (Å²) < 4.78 is 0. The van der Waals surface area contributed by atoms with Crippen LogP contribution in [-0.2, 0) is 4.79 Å². The summed E-state index contributed by atoms with van der Waals surface area (Å²) in [6.07, 6.45) is 5.93. The Balaban J connectivity index is 2.03. The van der Waals surface area contributed by atoms with E-state index >= 15 is 0 Å². The molecule has 3 nitrogen and oxygen atoms in total. The van der Waals surface area contributed by atoms with E-state index in [4.69, 9.17) is 0 Å². The molecule has 0 radical (unpaired) electrons. The van der Waals surface area contributed by atoms with Crippen molar-refractivity contribution < 1.29 is 4.79 Å². The fraction of sp³-hybridized carbons (Fsp3) is 0.933. The normalized spacial score (nSPS) is 35.6. The van der Waals surface area contributed by atoms with Crippen LogP contribution in [0.15, 0.2) is 0 Å². The zero-order valence-corrected chi connectivity index (χ0v) is 12.3. The summed E-state index contributed by atoms with van der Waals surface area (Å²) in [5, 5.41) is 3.57. The minimum Gasteiger partial charge on any atom is -0.323 e. The van der Waals surface area contributed by atoms with E-state index in [9.17, 15) is 4.79 Å². The number of hydrogen-bond acceptors (Lipinski definition) is 2. The van der Waals surface area contributed by atoms with Gasteiger partial charge in [-0.15, -0.1) is 0 Å². The molecule has 4 unspecified atom stereocenters. The molecule has 4 atom stereocenters. The first kappa shape index (κ1) is 13.9. The molecule has 1 saturated heterocycles. The van der Waals surface area contributed by atoms with Gasteiger partial charge >= 0.3 is 0 Å². The highest BCUT2D eigenvalue weighted by molar-refractivity contribution is 5.85. The lowest BCUT2D eigenvalue weighted by Gasteiger charge is -2.24. The molecular weight excluding hydrogens is 224 g/mol. The van der Waals surface area contributed by atoms with Gasteiger partial charge in [0.1, 0.15) is 0 Å². The quantitative estimate of drug-likeness (QED) is 0.788. The maximum Gasteiger partial charge on any atom is 0.241 e. The van der Waals surface area contributed by atoms with Crippen LogP contribution in [0.1, 0.15) is 59.8 Å². The van der Waals surface area contributed by atoms with E-state index < -0.39 is 0 Å². The molecule has 1 saturated carbocycles. The molecule has 2 aliphatic rings. The highest BCUT2D eigenvalue weighted by atomic mass is 16.2. The lowest BCUT2D eigenvalue weighted by atomic mass is 10.0. The van der Waals surface area contributed by atoms with Gasteiger partial charge in [-0.2, -0.15) is 0 Å². The van der Waals surface area contributed by atoms with E-state index in [1.54, 1.807) is 0 Å². The van der Waals surface area contributed by atoms with Gasteiger partial charge in [-0.3, -0.25) is 10.1 Å². The largest absolute Gasteiger partial charge is 0.323 e. The van der Waals surface area contributed by atoms with Crippen LogP contribution >= 0.6 is 0 Å². The van der Waals surface area contributed by atoms with E-state index in [-0.39, 0.29) is 6.04 Å². The van der Waals surface area contributed by atoms with Crippen molar-refractivity contribution in [1.29, 1.82) is 0 Å². The molecule has 0 aromatic rings. The van der Waals surface area contributed by atoms with Crippen molar-refractivity contribution >= 4 is 5.91 Å². The van der Waals surface area contributed by atoms with Crippen LogP contribution in [0, 0.1) is 11.8 Å². The van der Waals surface area contributed by atoms with Crippen molar-refractivity contribution in [2.45, 2.75) is 78.0 Å². The van der Waals surface area contributed by atoms with Gasteiger partial charge in [0.05, 0.1) is 12.2 Å². The predicted molar refractivity (Wildman–Crippen MR) is 74.1 cm³/mol. The number of hydrogen-bond donors (Lipinski definition) is 1. The Bertz CT molecular complexity index is 303. The Hall–Kier alpha value is -0.570. The Labute approximate surface area is 111 Å². The number of rotatable bonds is 6. The molecule has 104 valence electrons. The third-order valence-corrected chi connectivity index (χ3v) is 4.32. The van der Waals surface area contributed by atoms with E-state index in [2.05, 4.69) is 37.9 Å². The minimum atomic E-state index is 0.0691. The standard InChI is InChI=1S/C15H28N2O/c1-5-7-14-16-12(8-10(3)4)15(18)17(14)13-9-11(13)6-2/h10-14,16H,5-9H2,1-4H3. The summed E-state index contributed by atoms with van der Waals surface area (Å²) >= 11 is 0. The monoisotopic (exact) mass is 252 g/mol. The predicted octanol–water partition coefficient (Wildman–Crippen LogP) is 2.76. The first-order valence-electron chi connectivity index (χ1n) is 7.66. The fourth-order valence-corrected chi connectivity index (χ4v) is 3.26. The maximum atomic E-state index is 12.5. The SMILES string of the molecule is CCCC1NC(CC(C)C)C(=O)N1C1CC1CC. The Morgan fingerprint density at radius 1 is 1.39 bits per heavy atom. The van der Waals surface area contributed by atoms with Gasteiger partial charge < -0.3 is 4.90 Å². The van der Waals surface area contributed by atoms with E-state index in [0.717, 1.165) is 25.2 Å². The summed E-state index contributed by atoms with van der Waals surface area (Å²) in [5.41, 5.74) is 0. The third kappa shape index (κ3) is 2.71. The van der Waals surface area contributed by atoms with Crippen LogP contribution in [0.3, 0.4) is 0 Å². The van der Waals surface area contributed by atoms with Gasteiger partial charge in [-0.1, -0.05) is 40.5 Å². The van der Waals surface area contributed by atoms with Gasteiger partial charge in [0.25, 0.3) is 0 Å². The molecular formula is C15H28N2O. The molecule has 18 heavy (non-hydrogen) atoms. The lowest BCUT2D eigenvalue weighted by molar-refractivity contribution is -0.131. The number of carbonyl (C=O) groups is 1. The van der Waals surface area contributed by atoms with E-state index in [0.29, 0.717) is 24.0 Å². The van der Waals surface area contributed by atoms with Crippen LogP contribution in [-0.4, -0.2) is 29.1 Å². The maximum absolute atomic E-state index is 12.5. The molecule has 3 heteroatoms. The van der Waals surface area contributed by atoms with Crippen molar-refractivity contribution in [2.75, 3.05) is 0 Å². The van der Waals surface area contributed by atoms with Crippen molar-refractivity contribution in [3.8, 4) is 0 Å². The first-order valence-corrected chi connectivity index (χ1v) is 7.66. The van der Waals surface area contributed by atoms with Crippen molar-refractivity contribution in [2.24, 2.45) is 11.8 Å². The summed E-state index contributed by atoms with van der Waals surface area (Å²) in [5.74, 6) is 1.70. The van der Waals surface area contributed by atoms with Crippen LogP contribution in [0.25, 0.3) is 0 Å². The van der Waals surface area contributed by atoms with Crippen LogP contribution in [0.4, 0.5) is 0 Å². The second kappa shape index (κ2) is 5.60. The molecule has 2 fully saturated rings. The highest BCUT2D eigenvalue weighted by Gasteiger charge is 2.50. The number of nitrogens with one attached hydrogen (secondary N) is 1. The number of nitrogens with zero attached hydrogens (tertiary/aromatic N) is 1. The average Bonchev–Trinajstić information content (AvgIpc) is 3.01. The van der Waals surface area contributed by atoms with Crippen LogP contribution in [0.2, 0.25) is 0 Å². The molecule has 0 aromatic heterocycles. The van der Waals surface area contributed by atoms with Gasteiger partial charge in [-0.05, 0) is 31.1 Å². The summed E-state index contributed by atoms with van der Waals surface area (Å²) in [4.78, 5) is 14.7. The third-order valence-electron chi connectivity index (χ3n) is 4.32. The van der Waals surface area contributed by atoms with Crippen molar-refractivity contribution in [3.63, 3.8) is 0 Å². The molecule has 1 aliphatic heterocycles. The number of carbonyl (C=O) groups excluding carboxylic acids is 1. The molecule has 0 bridgehead atoms. The smallest absolute Gasteiger partial charge is 0.241 e. The lowest BCUT2D eigenvalue weighted by Crippen LogP contribution is -2.39. The highest BCUT2D eigenvalue weighted by Crippen LogP contribution is 2.41. The Kier molecular flexibility index (Phi) is 4.31. The fourth-order valence-electron chi connectivity index (χ4n) is 3.26. The minimum absolute atomic E-state index is 0.0691. The Morgan fingerprint density at radius 3 is 2.61 bits per heavy atom. The molecule has 1 aliphatic carbocycles. The van der Waals surface area contributed by atoms with Gasteiger partial charge in [0.15, 0.2) is 0 Å². The molecule has 0 aromatic carbocycles. The molecule has 0 spiro atoms. The van der Waals surface area contributed by atoms with Gasteiger partial charge in [0, 0.05) is 6.04 Å². The van der Waals surface area contributed by atoms with Crippen molar-refractivity contribution in [1.82, 2.24) is 10.2 Å². The second-order valence-electron chi connectivity index (χ2n) is 6.37. The second-order valence-corrected chi connectivity index (χ2v) is 6.37. The van der Waals surface area contributed by atoms with Gasteiger partial charge in [0.2, 0.25) is 5.91 Å². The zero-order chi connectivity index (χ0) is 13.3. The van der Waals surface area contributed by atoms with Gasteiger partial charge in [-0.25, -0.2) is 0 Å². The first-order chi connectivity index (χ1) is 8.58. The van der Waals surface area contributed by atoms with Crippen LogP contribution in [0.5, 0.6) is 0 Å². The molecule has 1 heterocycles. The summed E-state index contributed by atoms with van der Waals surface area (Å²) in [7, 11) is 0. The summed E-state index contributed by atoms with van der Waals surface area (Å²) in [6, 6.07) is 0.600. The molecule has 2 rings (SSSR count). The van der Waals surface area contributed by atoms with E-state index in [1.807, 2.05) is 0 Å². The van der Waals surface area contributed by atoms with E-state index in [1.165, 1.54) is 12.8 Å². The average molecular weight is 252 g/mol.